The fourth-order valence-corrected chi connectivity index (χ4v) is 2.67. The van der Waals surface area contributed by atoms with E-state index in [9.17, 15) is 32.9 Å². The van der Waals surface area contributed by atoms with Crippen molar-refractivity contribution in [1.29, 1.82) is 0 Å². The highest BCUT2D eigenvalue weighted by atomic mass is 19.4. The van der Waals surface area contributed by atoms with Crippen LogP contribution in [0.25, 0.3) is 10.9 Å². The van der Waals surface area contributed by atoms with Gasteiger partial charge in [-0.25, -0.2) is 0 Å². The summed E-state index contributed by atoms with van der Waals surface area (Å²) in [5.74, 6) is -7.79. The van der Waals surface area contributed by atoms with Gasteiger partial charge in [0.25, 0.3) is 5.69 Å². The van der Waals surface area contributed by atoms with Crippen LogP contribution in [0, 0.1) is 16.0 Å². The number of nitro groups is 1. The molecule has 1 aromatic heterocycles. The number of aromatic amines is 1. The number of hydrogen-bond donors (Lipinski definition) is 1. The van der Waals surface area contributed by atoms with E-state index in [0.29, 0.717) is 0 Å². The number of non-ortho nitro benzene ring substituents is 1. The summed E-state index contributed by atoms with van der Waals surface area (Å²) < 4.78 is 49.9. The third-order valence-corrected chi connectivity index (χ3v) is 3.84. The zero-order valence-electron chi connectivity index (χ0n) is 13.5. The Hall–Kier alpha value is -3.11. The minimum Gasteiger partial charge on any atom is -0.468 e. The van der Waals surface area contributed by atoms with Gasteiger partial charge < -0.3 is 14.5 Å². The SMILES string of the molecule is COC(=O)C(C(=O)OC)[C@H](c1c[nH]c2ccc([N+](=O)[O-])cc12)C(F)(F)F. The number of rotatable bonds is 5. The standard InChI is InChI=1S/C15H13F3N2O6/c1-25-13(21)11(14(22)26-2)12(15(16,17)18)9-6-19-10-4-3-7(20(23)24)5-8(9)10/h3-6,11-12,19H,1-2H3/t12-/m0/s1. The Balaban J connectivity index is 2.73. The number of halogens is 3. The molecule has 1 N–H and O–H groups in total. The molecule has 0 radical (unpaired) electrons. The number of carbonyl (C=O) groups is 2. The predicted octanol–water partition coefficient (Wildman–Crippen LogP) is 2.68. The maximum absolute atomic E-state index is 13.8. The molecular formula is C15H13F3N2O6. The number of nitro benzene ring substituents is 1. The van der Waals surface area contributed by atoms with Gasteiger partial charge in [-0.2, -0.15) is 13.2 Å². The summed E-state index contributed by atoms with van der Waals surface area (Å²) in [5.41, 5.74) is -0.766. The molecule has 140 valence electrons. The number of ether oxygens (including phenoxy) is 2. The lowest BCUT2D eigenvalue weighted by Gasteiger charge is -2.25. The highest BCUT2D eigenvalue weighted by molar-refractivity contribution is 5.97. The van der Waals surface area contributed by atoms with Crippen LogP contribution in [-0.4, -0.2) is 42.2 Å². The van der Waals surface area contributed by atoms with Crippen LogP contribution in [0.3, 0.4) is 0 Å². The topological polar surface area (TPSA) is 112 Å². The first-order valence-corrected chi connectivity index (χ1v) is 7.09. The van der Waals surface area contributed by atoms with Gasteiger partial charge in [0.1, 0.15) is 5.92 Å². The van der Waals surface area contributed by atoms with Gasteiger partial charge in [-0.15, -0.1) is 0 Å². The fraction of sp³-hybridized carbons (Fsp3) is 0.333. The second-order valence-corrected chi connectivity index (χ2v) is 5.27. The van der Waals surface area contributed by atoms with Gasteiger partial charge in [-0.3, -0.25) is 19.7 Å². The Morgan fingerprint density at radius 3 is 2.23 bits per heavy atom. The van der Waals surface area contributed by atoms with Crippen LogP contribution in [0.1, 0.15) is 11.5 Å². The number of nitrogens with zero attached hydrogens (tertiary/aromatic N) is 1. The van der Waals surface area contributed by atoms with Gasteiger partial charge in [-0.05, 0) is 11.6 Å². The van der Waals surface area contributed by atoms with Crippen LogP contribution < -0.4 is 0 Å². The van der Waals surface area contributed by atoms with Crippen molar-refractivity contribution in [1.82, 2.24) is 4.98 Å². The maximum Gasteiger partial charge on any atom is 0.397 e. The number of H-pyrrole nitrogens is 1. The molecule has 2 aromatic rings. The lowest BCUT2D eigenvalue weighted by Crippen LogP contribution is -2.39. The number of esters is 2. The molecule has 1 heterocycles. The van der Waals surface area contributed by atoms with E-state index in [1.54, 1.807) is 0 Å². The summed E-state index contributed by atoms with van der Waals surface area (Å²) in [5, 5.41) is 10.8. The molecule has 1 atom stereocenters. The summed E-state index contributed by atoms with van der Waals surface area (Å²) in [6.45, 7) is 0. The van der Waals surface area contributed by atoms with Crippen molar-refractivity contribution in [3.63, 3.8) is 0 Å². The van der Waals surface area contributed by atoms with Crippen molar-refractivity contribution < 1.29 is 37.2 Å². The molecule has 0 saturated heterocycles. The van der Waals surface area contributed by atoms with Gasteiger partial charge in [-0.1, -0.05) is 0 Å². The Morgan fingerprint density at radius 1 is 1.19 bits per heavy atom. The summed E-state index contributed by atoms with van der Waals surface area (Å²) in [4.78, 5) is 36.4. The fourth-order valence-electron chi connectivity index (χ4n) is 2.67. The summed E-state index contributed by atoms with van der Waals surface area (Å²) in [6.07, 6.45) is -4.09. The normalized spacial score (nSPS) is 12.8. The molecule has 0 fully saturated rings. The monoisotopic (exact) mass is 374 g/mol. The van der Waals surface area contributed by atoms with Crippen molar-refractivity contribution in [3.05, 3.63) is 40.1 Å². The molecule has 11 heteroatoms. The number of nitrogens with one attached hydrogen (secondary N) is 1. The molecule has 0 bridgehead atoms. The van der Waals surface area contributed by atoms with E-state index in [2.05, 4.69) is 14.5 Å². The minimum absolute atomic E-state index is 0.140. The first-order chi connectivity index (χ1) is 12.1. The van der Waals surface area contributed by atoms with Gasteiger partial charge in [0.05, 0.1) is 19.1 Å². The Labute approximate surface area is 144 Å². The number of methoxy groups -OCH3 is 2. The number of hydrogen-bond acceptors (Lipinski definition) is 6. The van der Waals surface area contributed by atoms with Crippen LogP contribution in [0.15, 0.2) is 24.4 Å². The molecule has 0 amide bonds. The maximum atomic E-state index is 13.8. The van der Waals surface area contributed by atoms with Gasteiger partial charge in [0.15, 0.2) is 5.92 Å². The Kier molecular flexibility index (Phi) is 5.19. The van der Waals surface area contributed by atoms with E-state index < -0.39 is 46.1 Å². The summed E-state index contributed by atoms with van der Waals surface area (Å²) in [6, 6.07) is 3.28. The molecule has 0 spiro atoms. The molecule has 2 rings (SSSR count). The zero-order valence-corrected chi connectivity index (χ0v) is 13.5. The van der Waals surface area contributed by atoms with E-state index in [4.69, 9.17) is 0 Å². The van der Waals surface area contributed by atoms with Crippen molar-refractivity contribution in [2.45, 2.75) is 12.1 Å². The van der Waals surface area contributed by atoms with Crippen LogP contribution in [0.4, 0.5) is 18.9 Å². The molecular weight excluding hydrogens is 361 g/mol. The molecule has 0 saturated carbocycles. The van der Waals surface area contributed by atoms with Crippen molar-refractivity contribution in [2.24, 2.45) is 5.92 Å². The van der Waals surface area contributed by atoms with Crippen LogP contribution in [0.5, 0.6) is 0 Å². The smallest absolute Gasteiger partial charge is 0.397 e. The molecule has 26 heavy (non-hydrogen) atoms. The number of fused-ring (bicyclic) bond motifs is 1. The quantitative estimate of drug-likeness (QED) is 0.373. The number of aromatic nitrogens is 1. The molecule has 0 aliphatic heterocycles. The largest absolute Gasteiger partial charge is 0.468 e. The third kappa shape index (κ3) is 3.46. The van der Waals surface area contributed by atoms with E-state index in [1.807, 2.05) is 0 Å². The molecule has 8 nitrogen and oxygen atoms in total. The molecule has 0 unspecified atom stereocenters. The third-order valence-electron chi connectivity index (χ3n) is 3.84. The second kappa shape index (κ2) is 7.02. The number of alkyl halides is 3. The van der Waals surface area contributed by atoms with E-state index in [1.165, 1.54) is 6.07 Å². The Bertz CT molecular complexity index is 845. The van der Waals surface area contributed by atoms with Crippen LogP contribution in [-0.2, 0) is 19.1 Å². The molecule has 1 aromatic carbocycles. The average molecular weight is 374 g/mol. The van der Waals surface area contributed by atoms with E-state index >= 15 is 0 Å². The number of carbonyl (C=O) groups excluding carboxylic acids is 2. The van der Waals surface area contributed by atoms with Crippen molar-refractivity contribution in [2.75, 3.05) is 14.2 Å². The average Bonchev–Trinajstić information content (AvgIpc) is 2.99. The van der Waals surface area contributed by atoms with Crippen molar-refractivity contribution in [3.8, 4) is 0 Å². The van der Waals surface area contributed by atoms with Crippen molar-refractivity contribution >= 4 is 28.5 Å². The van der Waals surface area contributed by atoms with E-state index in [-0.39, 0.29) is 10.9 Å². The molecule has 0 aliphatic carbocycles. The number of benzene rings is 1. The predicted molar refractivity (Wildman–Crippen MR) is 81.3 cm³/mol. The van der Waals surface area contributed by atoms with Crippen LogP contribution in [0.2, 0.25) is 0 Å². The summed E-state index contributed by atoms with van der Waals surface area (Å²) in [7, 11) is 1.68. The highest BCUT2D eigenvalue weighted by Gasteiger charge is 2.53. The minimum atomic E-state index is -5.03. The Morgan fingerprint density at radius 2 is 1.77 bits per heavy atom. The zero-order chi connectivity index (χ0) is 19.6. The summed E-state index contributed by atoms with van der Waals surface area (Å²) >= 11 is 0. The molecule has 0 aliphatic rings. The first-order valence-electron chi connectivity index (χ1n) is 7.09. The first kappa shape index (κ1) is 19.2. The second-order valence-electron chi connectivity index (χ2n) is 5.27. The van der Waals surface area contributed by atoms with E-state index in [0.717, 1.165) is 32.5 Å². The van der Waals surface area contributed by atoms with Gasteiger partial charge in [0, 0.05) is 29.2 Å². The lowest BCUT2D eigenvalue weighted by atomic mass is 9.85. The van der Waals surface area contributed by atoms with Gasteiger partial charge >= 0.3 is 18.1 Å². The van der Waals surface area contributed by atoms with Gasteiger partial charge in [0.2, 0.25) is 0 Å². The lowest BCUT2D eigenvalue weighted by molar-refractivity contribution is -0.384. The van der Waals surface area contributed by atoms with Crippen LogP contribution >= 0.6 is 0 Å². The highest BCUT2D eigenvalue weighted by Crippen LogP contribution is 2.44.